The van der Waals surface area contributed by atoms with Gasteiger partial charge in [0.1, 0.15) is 0 Å². The van der Waals surface area contributed by atoms with E-state index >= 15 is 0 Å². The zero-order chi connectivity index (χ0) is 20.3. The van der Waals surface area contributed by atoms with E-state index < -0.39 is 21.8 Å². The lowest BCUT2D eigenvalue weighted by atomic mass is 10.2. The summed E-state index contributed by atoms with van der Waals surface area (Å²) in [6.07, 6.45) is 0. The predicted octanol–water partition coefficient (Wildman–Crippen LogP) is 2.34. The number of carbonyl (C=O) groups excluding carboxylic acids is 2. The highest BCUT2D eigenvalue weighted by Crippen LogP contribution is 2.23. The maximum Gasteiger partial charge on any atom is 0.291 e. The molecule has 0 fully saturated rings. The molecule has 0 aliphatic heterocycles. The number of hydrogen-bond donors (Lipinski definition) is 3. The number of primary amides is 1. The fourth-order valence-electron chi connectivity index (χ4n) is 2.04. The summed E-state index contributed by atoms with van der Waals surface area (Å²) >= 11 is 6.46. The first-order chi connectivity index (χ1) is 13.2. The van der Waals surface area contributed by atoms with Gasteiger partial charge in [0.2, 0.25) is 11.0 Å². The molecule has 3 aromatic rings. The Hall–Kier alpha value is -3.02. The second-order valence-corrected chi connectivity index (χ2v) is 8.65. The van der Waals surface area contributed by atoms with Gasteiger partial charge in [-0.25, -0.2) is 0 Å². The Morgan fingerprint density at radius 3 is 2.18 bits per heavy atom. The Kier molecular flexibility index (Phi) is 5.58. The smallest absolute Gasteiger partial charge is 0.291 e. The molecule has 1 heterocycles. The number of nitrogens with zero attached hydrogens (tertiary/aromatic N) is 2. The van der Waals surface area contributed by atoms with Crippen molar-refractivity contribution in [3.8, 4) is 0 Å². The summed E-state index contributed by atoms with van der Waals surface area (Å²) in [5, 5.41) is 10.2. The fourth-order valence-corrected chi connectivity index (χ4v) is 4.12. The van der Waals surface area contributed by atoms with E-state index in [0.29, 0.717) is 21.9 Å². The van der Waals surface area contributed by atoms with Gasteiger partial charge in [-0.3, -0.25) is 19.6 Å². The molecule has 0 spiro atoms. The Morgan fingerprint density at radius 2 is 1.57 bits per heavy atom. The van der Waals surface area contributed by atoms with Crippen LogP contribution in [0.15, 0.2) is 52.9 Å². The van der Waals surface area contributed by atoms with Gasteiger partial charge in [0.15, 0.2) is 0 Å². The van der Waals surface area contributed by atoms with E-state index in [1.165, 1.54) is 36.4 Å². The predicted molar refractivity (Wildman–Crippen MR) is 105 cm³/mol. The summed E-state index contributed by atoms with van der Waals surface area (Å²) in [7, 11) is -4.02. The highest BCUT2D eigenvalue weighted by Gasteiger charge is 2.21. The van der Waals surface area contributed by atoms with Gasteiger partial charge >= 0.3 is 0 Å². The number of rotatable bonds is 6. The van der Waals surface area contributed by atoms with E-state index in [1.54, 1.807) is 12.1 Å². The van der Waals surface area contributed by atoms with Crippen LogP contribution in [-0.4, -0.2) is 30.4 Å². The first kappa shape index (κ1) is 19.7. The van der Waals surface area contributed by atoms with Gasteiger partial charge in [0.25, 0.3) is 20.3 Å². The van der Waals surface area contributed by atoms with Crippen molar-refractivity contribution in [2.75, 3.05) is 10.0 Å². The van der Waals surface area contributed by atoms with Crippen LogP contribution >= 0.6 is 22.9 Å². The fraction of sp³-hybridized carbons (Fsp3) is 0. The molecule has 4 N–H and O–H groups in total. The number of benzene rings is 2. The van der Waals surface area contributed by atoms with Crippen LogP contribution in [0.2, 0.25) is 5.02 Å². The maximum atomic E-state index is 12.4. The lowest BCUT2D eigenvalue weighted by Gasteiger charge is -2.05. The Bertz CT molecular complexity index is 1130. The number of amides is 2. The number of aromatic nitrogens is 2. The molecule has 1 aromatic heterocycles. The molecular formula is C16H12ClN5O4S2. The van der Waals surface area contributed by atoms with E-state index in [0.717, 1.165) is 0 Å². The molecule has 3 rings (SSSR count). The van der Waals surface area contributed by atoms with Crippen LogP contribution in [0.25, 0.3) is 0 Å². The first-order valence-corrected chi connectivity index (χ1v) is 10.3. The number of nitrogens with one attached hydrogen (secondary N) is 2. The Labute approximate surface area is 168 Å². The molecule has 0 unspecified atom stereocenters. The molecule has 0 aliphatic rings. The normalized spacial score (nSPS) is 11.0. The molecule has 2 amide bonds. The van der Waals surface area contributed by atoms with Gasteiger partial charge in [0, 0.05) is 21.8 Å². The molecule has 28 heavy (non-hydrogen) atoms. The van der Waals surface area contributed by atoms with Crippen LogP contribution in [0.1, 0.15) is 20.7 Å². The molecule has 0 bridgehead atoms. The monoisotopic (exact) mass is 437 g/mol. The summed E-state index contributed by atoms with van der Waals surface area (Å²) in [6, 6.07) is 11.7. The minimum absolute atomic E-state index is 0.0180. The van der Waals surface area contributed by atoms with Gasteiger partial charge in [-0.05, 0) is 48.5 Å². The molecule has 0 saturated carbocycles. The summed E-state index contributed by atoms with van der Waals surface area (Å²) in [5.74, 6) is -1.11. The van der Waals surface area contributed by atoms with Crippen molar-refractivity contribution in [2.45, 2.75) is 4.34 Å². The van der Waals surface area contributed by atoms with Crippen LogP contribution in [0, 0.1) is 0 Å². The maximum absolute atomic E-state index is 12.4. The van der Waals surface area contributed by atoms with Crippen molar-refractivity contribution in [1.29, 1.82) is 0 Å². The molecule has 0 radical (unpaired) electrons. The summed E-state index contributed by atoms with van der Waals surface area (Å²) in [4.78, 5) is 23.2. The van der Waals surface area contributed by atoms with E-state index in [9.17, 15) is 18.0 Å². The zero-order valence-corrected chi connectivity index (χ0v) is 16.3. The largest absolute Gasteiger partial charge is 0.366 e. The number of hydrogen-bond acceptors (Lipinski definition) is 7. The number of halogens is 1. The SMILES string of the molecule is NC(=O)c1ccc(NS(=O)(=O)c2nnc(NC(=O)c3ccc(Cl)cc3)s2)cc1. The van der Waals surface area contributed by atoms with Crippen LogP contribution in [0.4, 0.5) is 10.8 Å². The highest BCUT2D eigenvalue weighted by atomic mass is 35.5. The van der Waals surface area contributed by atoms with E-state index in [1.807, 2.05) is 0 Å². The van der Waals surface area contributed by atoms with E-state index in [2.05, 4.69) is 20.2 Å². The van der Waals surface area contributed by atoms with Crippen LogP contribution in [0.3, 0.4) is 0 Å². The van der Waals surface area contributed by atoms with Gasteiger partial charge in [-0.1, -0.05) is 22.9 Å². The van der Waals surface area contributed by atoms with Gasteiger partial charge in [0.05, 0.1) is 0 Å². The zero-order valence-electron chi connectivity index (χ0n) is 13.9. The highest BCUT2D eigenvalue weighted by molar-refractivity contribution is 7.94. The van der Waals surface area contributed by atoms with Gasteiger partial charge < -0.3 is 5.73 Å². The molecule has 2 aromatic carbocycles. The molecule has 0 aliphatic carbocycles. The second kappa shape index (κ2) is 7.92. The van der Waals surface area contributed by atoms with Crippen LogP contribution in [0.5, 0.6) is 0 Å². The van der Waals surface area contributed by atoms with Crippen molar-refractivity contribution in [1.82, 2.24) is 10.2 Å². The average molecular weight is 438 g/mol. The topological polar surface area (TPSA) is 144 Å². The lowest BCUT2D eigenvalue weighted by molar-refractivity contribution is 0.0997. The lowest BCUT2D eigenvalue weighted by Crippen LogP contribution is -2.14. The van der Waals surface area contributed by atoms with Crippen molar-refractivity contribution < 1.29 is 18.0 Å². The number of anilines is 2. The third-order valence-electron chi connectivity index (χ3n) is 3.38. The molecule has 0 saturated heterocycles. The van der Waals surface area contributed by atoms with E-state index in [-0.39, 0.29) is 20.7 Å². The standard InChI is InChI=1S/C16H12ClN5O4S2/c17-11-5-1-10(2-6-11)14(24)19-15-20-21-16(27-15)28(25,26)22-12-7-3-9(4-8-12)13(18)23/h1-8,22H,(H2,18,23)(H,19,20,24). The van der Waals surface area contributed by atoms with Crippen LogP contribution in [-0.2, 0) is 10.0 Å². The number of carbonyl (C=O) groups is 2. The molecule has 0 atom stereocenters. The third-order valence-corrected chi connectivity index (χ3v) is 6.22. The van der Waals surface area contributed by atoms with Gasteiger partial charge in [-0.2, -0.15) is 8.42 Å². The third kappa shape index (κ3) is 4.63. The molecule has 12 heteroatoms. The van der Waals surface area contributed by atoms with Crippen molar-refractivity contribution in [3.63, 3.8) is 0 Å². The summed E-state index contributed by atoms with van der Waals surface area (Å²) in [6.45, 7) is 0. The molecular weight excluding hydrogens is 426 g/mol. The second-order valence-electron chi connectivity index (χ2n) is 5.38. The van der Waals surface area contributed by atoms with E-state index in [4.69, 9.17) is 17.3 Å². The van der Waals surface area contributed by atoms with Crippen molar-refractivity contribution in [2.24, 2.45) is 5.73 Å². The molecule has 144 valence electrons. The number of nitrogens with two attached hydrogens (primary N) is 1. The average Bonchev–Trinajstić information content (AvgIpc) is 3.12. The summed E-state index contributed by atoms with van der Waals surface area (Å²) in [5.41, 5.74) is 5.93. The quantitative estimate of drug-likeness (QED) is 0.505. The van der Waals surface area contributed by atoms with Crippen molar-refractivity contribution in [3.05, 3.63) is 64.7 Å². The Morgan fingerprint density at radius 1 is 0.964 bits per heavy atom. The minimum atomic E-state index is -4.02. The summed E-state index contributed by atoms with van der Waals surface area (Å²) < 4.78 is 26.8. The first-order valence-electron chi connectivity index (χ1n) is 7.58. The van der Waals surface area contributed by atoms with Crippen LogP contribution < -0.4 is 15.8 Å². The number of sulfonamides is 1. The van der Waals surface area contributed by atoms with Gasteiger partial charge in [-0.15, -0.1) is 10.2 Å². The minimum Gasteiger partial charge on any atom is -0.366 e. The van der Waals surface area contributed by atoms with Crippen molar-refractivity contribution >= 4 is 55.6 Å². The Balaban J connectivity index is 1.71. The molecule has 9 nitrogen and oxygen atoms in total.